The molecular weight excluding hydrogens is 428 g/mol. The number of piperidine rings is 1. The number of carbonyl (C=O) groups is 1. The Morgan fingerprint density at radius 2 is 2.22 bits per heavy atom. The van der Waals surface area contributed by atoms with Crippen LogP contribution < -0.4 is 25.4 Å². The summed E-state index contributed by atoms with van der Waals surface area (Å²) in [6.45, 7) is 7.16. The van der Waals surface area contributed by atoms with E-state index in [2.05, 4.69) is 36.5 Å². The monoisotopic (exact) mass is 458 g/mol. The molecule has 10 heteroatoms. The Hall–Kier alpha value is -3.14. The van der Waals surface area contributed by atoms with Crippen molar-refractivity contribution in [1.82, 2.24) is 10.3 Å². The predicted octanol–water partition coefficient (Wildman–Crippen LogP) is 2.15. The van der Waals surface area contributed by atoms with Crippen LogP contribution in [0.3, 0.4) is 0 Å². The number of amides is 1. The lowest BCUT2D eigenvalue weighted by atomic mass is 9.99. The number of benzene rings is 1. The third-order valence-corrected chi connectivity index (χ3v) is 5.92. The number of rotatable bonds is 6. The first-order valence-corrected chi connectivity index (χ1v) is 11.8. The minimum absolute atomic E-state index is 0.242. The van der Waals surface area contributed by atoms with Gasteiger partial charge >= 0.3 is 0 Å². The van der Waals surface area contributed by atoms with Crippen LogP contribution in [-0.2, 0) is 16.0 Å². The Morgan fingerprint density at radius 1 is 1.38 bits per heavy atom. The van der Waals surface area contributed by atoms with E-state index in [-0.39, 0.29) is 5.84 Å². The predicted molar refractivity (Wildman–Crippen MR) is 128 cm³/mol. The number of anilines is 2. The molecule has 0 saturated carbocycles. The van der Waals surface area contributed by atoms with Crippen LogP contribution in [0.2, 0.25) is 0 Å². The largest absolute Gasteiger partial charge is 0.492 e. The summed E-state index contributed by atoms with van der Waals surface area (Å²) in [7, 11) is 0. The molecular formula is C22H30N6O3S. The fourth-order valence-corrected chi connectivity index (χ4v) is 4.27. The normalized spacial score (nSPS) is 19.4. The van der Waals surface area contributed by atoms with Gasteiger partial charge in [-0.3, -0.25) is 9.52 Å². The third-order valence-electron chi connectivity index (χ3n) is 5.16. The number of fused-ring (bicyclic) bond motifs is 1. The van der Waals surface area contributed by atoms with Gasteiger partial charge in [0.1, 0.15) is 17.4 Å². The van der Waals surface area contributed by atoms with Crippen LogP contribution >= 0.6 is 0 Å². The number of pyridine rings is 1. The molecule has 0 spiro atoms. The van der Waals surface area contributed by atoms with Crippen molar-refractivity contribution in [2.24, 2.45) is 16.0 Å². The van der Waals surface area contributed by atoms with Gasteiger partial charge in [-0.15, -0.1) is 0 Å². The molecule has 1 amide bonds. The SMILES string of the molecule is CCNC=O.Cc1ccc(N2CCCC(COc3cccc4c3C(N)=NS(=O)N4)C2)nc1. The Bertz CT molecular complexity index is 967. The van der Waals surface area contributed by atoms with Crippen molar-refractivity contribution in [3.63, 3.8) is 0 Å². The molecule has 0 aliphatic carbocycles. The number of amidine groups is 1. The first-order valence-electron chi connectivity index (χ1n) is 10.6. The molecule has 0 bridgehead atoms. The topological polar surface area (TPSA) is 122 Å². The number of aromatic nitrogens is 1. The second kappa shape index (κ2) is 11.5. The Morgan fingerprint density at radius 3 is 2.91 bits per heavy atom. The highest BCUT2D eigenvalue weighted by atomic mass is 32.2. The summed E-state index contributed by atoms with van der Waals surface area (Å²) in [4.78, 5) is 16.2. The molecule has 1 saturated heterocycles. The van der Waals surface area contributed by atoms with Crippen molar-refractivity contribution in [3.05, 3.63) is 47.7 Å². The summed E-state index contributed by atoms with van der Waals surface area (Å²) in [6, 6.07) is 9.74. The van der Waals surface area contributed by atoms with Crippen LogP contribution in [0.4, 0.5) is 11.5 Å². The van der Waals surface area contributed by atoms with Crippen molar-refractivity contribution in [3.8, 4) is 5.75 Å². The minimum Gasteiger partial charge on any atom is -0.492 e. The van der Waals surface area contributed by atoms with E-state index in [0.717, 1.165) is 38.3 Å². The van der Waals surface area contributed by atoms with Gasteiger partial charge in [-0.1, -0.05) is 12.1 Å². The van der Waals surface area contributed by atoms with Crippen molar-refractivity contribution >= 4 is 34.9 Å². The molecule has 2 aliphatic rings. The number of nitrogens with one attached hydrogen (secondary N) is 2. The van der Waals surface area contributed by atoms with Gasteiger partial charge < -0.3 is 20.7 Å². The van der Waals surface area contributed by atoms with E-state index in [1.807, 2.05) is 38.2 Å². The lowest BCUT2D eigenvalue weighted by molar-refractivity contribution is -0.109. The van der Waals surface area contributed by atoms with Crippen molar-refractivity contribution in [1.29, 1.82) is 0 Å². The van der Waals surface area contributed by atoms with E-state index in [0.29, 0.717) is 35.9 Å². The van der Waals surface area contributed by atoms with Gasteiger partial charge in [-0.25, -0.2) is 9.19 Å². The highest BCUT2D eigenvalue weighted by Crippen LogP contribution is 2.30. The van der Waals surface area contributed by atoms with E-state index in [1.54, 1.807) is 0 Å². The lowest BCUT2D eigenvalue weighted by Gasteiger charge is -2.33. The zero-order valence-corrected chi connectivity index (χ0v) is 19.2. The van der Waals surface area contributed by atoms with Gasteiger partial charge in [-0.2, -0.15) is 4.40 Å². The molecule has 2 atom stereocenters. The summed E-state index contributed by atoms with van der Waals surface area (Å²) < 4.78 is 24.4. The zero-order chi connectivity index (χ0) is 22.9. The van der Waals surface area contributed by atoms with E-state index >= 15 is 0 Å². The summed E-state index contributed by atoms with van der Waals surface area (Å²) >= 11 is -1.53. The number of carbonyl (C=O) groups excluding carboxylic acids is 1. The van der Waals surface area contributed by atoms with E-state index < -0.39 is 11.2 Å². The summed E-state index contributed by atoms with van der Waals surface area (Å²) in [5.41, 5.74) is 8.51. The molecule has 3 heterocycles. The number of nitrogens with two attached hydrogens (primary N) is 1. The highest BCUT2D eigenvalue weighted by Gasteiger charge is 2.24. The van der Waals surface area contributed by atoms with Crippen molar-refractivity contribution in [2.45, 2.75) is 26.7 Å². The first kappa shape index (κ1) is 23.5. The lowest BCUT2D eigenvalue weighted by Crippen LogP contribution is -2.38. The van der Waals surface area contributed by atoms with Gasteiger partial charge in [-0.05, 0) is 50.5 Å². The molecule has 0 radical (unpaired) electrons. The molecule has 2 aliphatic heterocycles. The first-order chi connectivity index (χ1) is 15.5. The van der Waals surface area contributed by atoms with E-state index in [1.165, 1.54) is 5.56 Å². The fraction of sp³-hybridized carbons (Fsp3) is 0.409. The molecule has 4 N–H and O–H groups in total. The zero-order valence-electron chi connectivity index (χ0n) is 18.4. The summed E-state index contributed by atoms with van der Waals surface area (Å²) in [6.07, 6.45) is 4.81. The van der Waals surface area contributed by atoms with Crippen LogP contribution in [0, 0.1) is 12.8 Å². The summed E-state index contributed by atoms with van der Waals surface area (Å²) in [5.74, 6) is 2.34. The maximum absolute atomic E-state index is 11.6. The minimum atomic E-state index is -1.53. The van der Waals surface area contributed by atoms with Gasteiger partial charge in [0.25, 0.3) is 0 Å². The van der Waals surface area contributed by atoms with Crippen LogP contribution in [0.25, 0.3) is 0 Å². The van der Waals surface area contributed by atoms with E-state index in [9.17, 15) is 9.00 Å². The molecule has 32 heavy (non-hydrogen) atoms. The molecule has 2 unspecified atom stereocenters. The Labute approximate surface area is 191 Å². The molecule has 4 rings (SSSR count). The van der Waals surface area contributed by atoms with Crippen LogP contribution in [0.15, 0.2) is 40.9 Å². The number of ether oxygens (including phenoxy) is 1. The number of hydrogen-bond donors (Lipinski definition) is 3. The quantitative estimate of drug-likeness (QED) is 0.570. The Kier molecular flexibility index (Phi) is 8.43. The fourth-order valence-electron chi connectivity index (χ4n) is 3.60. The second-order valence-corrected chi connectivity index (χ2v) is 8.53. The van der Waals surface area contributed by atoms with Gasteiger partial charge in [0.05, 0.1) is 17.9 Å². The third kappa shape index (κ3) is 6.19. The molecule has 1 fully saturated rings. The average Bonchev–Trinajstić information content (AvgIpc) is 2.79. The highest BCUT2D eigenvalue weighted by molar-refractivity contribution is 7.85. The van der Waals surface area contributed by atoms with Crippen molar-refractivity contribution in [2.75, 3.05) is 35.9 Å². The van der Waals surface area contributed by atoms with Gasteiger partial charge in [0.15, 0.2) is 0 Å². The van der Waals surface area contributed by atoms with Gasteiger partial charge in [0, 0.05) is 31.7 Å². The molecule has 1 aromatic carbocycles. The van der Waals surface area contributed by atoms with Gasteiger partial charge in [0.2, 0.25) is 17.6 Å². The standard InChI is InChI=1S/C19H23N5O2S.C3H7NO/c1-13-7-8-17(21-10-13)24-9-3-4-14(11-24)12-26-16-6-2-5-15-18(16)19(20)23-27(25)22-15;1-2-4-3-5/h2,5-8,10,14,22H,3-4,9,11-12H2,1H3,(H2,20,23);3H,2H2,1H3,(H,4,5). The molecule has 2 aromatic rings. The molecule has 9 nitrogen and oxygen atoms in total. The average molecular weight is 459 g/mol. The number of nitrogens with zero attached hydrogens (tertiary/aromatic N) is 3. The maximum atomic E-state index is 11.6. The number of aryl methyl sites for hydroxylation is 1. The maximum Gasteiger partial charge on any atom is 0.245 e. The van der Waals surface area contributed by atoms with Crippen molar-refractivity contribution < 1.29 is 13.7 Å². The Balaban J connectivity index is 0.000000523. The van der Waals surface area contributed by atoms with Crippen LogP contribution in [0.5, 0.6) is 5.75 Å². The van der Waals surface area contributed by atoms with Crippen LogP contribution in [-0.4, -0.2) is 47.7 Å². The summed E-state index contributed by atoms with van der Waals surface area (Å²) in [5, 5.41) is 2.43. The molecule has 1 aromatic heterocycles. The smallest absolute Gasteiger partial charge is 0.245 e. The number of hydrogen-bond acceptors (Lipinski definition) is 6. The van der Waals surface area contributed by atoms with Crippen LogP contribution in [0.1, 0.15) is 30.9 Å². The van der Waals surface area contributed by atoms with E-state index in [4.69, 9.17) is 10.5 Å². The molecule has 172 valence electrons. The second-order valence-electron chi connectivity index (χ2n) is 7.64.